The molecule has 0 aliphatic carbocycles. The van der Waals surface area contributed by atoms with E-state index in [4.69, 9.17) is 11.6 Å². The number of nitrogens with one attached hydrogen (secondary N) is 2. The number of benzene rings is 3. The second-order valence-electron chi connectivity index (χ2n) is 8.41. The minimum Gasteiger partial charge on any atom is -0.465 e. The number of fused-ring (bicyclic) bond motifs is 1. The van der Waals surface area contributed by atoms with Crippen LogP contribution in [-0.4, -0.2) is 33.3 Å². The molecule has 0 bridgehead atoms. The molecule has 0 atom stereocenters. The van der Waals surface area contributed by atoms with Crippen LogP contribution >= 0.6 is 22.9 Å². The molecule has 4 aromatic rings. The summed E-state index contributed by atoms with van der Waals surface area (Å²) in [5, 5.41) is 7.25. The molecule has 37 heavy (non-hydrogen) atoms. The molecular formula is C27H25ClN2O5S2. The Hall–Kier alpha value is -3.24. The highest BCUT2D eigenvalue weighted by atomic mass is 35.5. The van der Waals surface area contributed by atoms with Crippen molar-refractivity contribution in [3.8, 4) is 0 Å². The van der Waals surface area contributed by atoms with Crippen molar-refractivity contribution >= 4 is 54.7 Å². The quantitative estimate of drug-likeness (QED) is 0.278. The fourth-order valence-electron chi connectivity index (χ4n) is 3.85. The van der Waals surface area contributed by atoms with Gasteiger partial charge in [0.1, 0.15) is 10.1 Å². The van der Waals surface area contributed by atoms with Gasteiger partial charge in [0.2, 0.25) is 9.84 Å². The van der Waals surface area contributed by atoms with Gasteiger partial charge in [0.25, 0.3) is 5.91 Å². The Bertz CT molecular complexity index is 1560. The van der Waals surface area contributed by atoms with E-state index in [2.05, 4.69) is 15.4 Å². The summed E-state index contributed by atoms with van der Waals surface area (Å²) >= 11 is 7.31. The van der Waals surface area contributed by atoms with Gasteiger partial charge in [-0.3, -0.25) is 10.1 Å². The van der Waals surface area contributed by atoms with E-state index in [-0.39, 0.29) is 18.3 Å². The third-order valence-electron chi connectivity index (χ3n) is 5.78. The highest BCUT2D eigenvalue weighted by Crippen LogP contribution is 2.35. The van der Waals surface area contributed by atoms with Gasteiger partial charge in [-0.05, 0) is 71.5 Å². The molecule has 10 heteroatoms. The predicted octanol–water partition coefficient (Wildman–Crippen LogP) is 5.10. The van der Waals surface area contributed by atoms with Crippen molar-refractivity contribution in [3.63, 3.8) is 0 Å². The molecule has 0 aliphatic heterocycles. The van der Waals surface area contributed by atoms with Crippen LogP contribution in [-0.2, 0) is 27.7 Å². The number of rotatable bonds is 9. The van der Waals surface area contributed by atoms with Crippen molar-refractivity contribution in [3.05, 3.63) is 99.6 Å². The highest BCUT2D eigenvalue weighted by molar-refractivity contribution is 7.93. The number of sulfone groups is 1. The Balaban J connectivity index is 1.35. The van der Waals surface area contributed by atoms with Crippen molar-refractivity contribution in [2.24, 2.45) is 0 Å². The van der Waals surface area contributed by atoms with E-state index in [1.54, 1.807) is 61.5 Å². The Morgan fingerprint density at radius 2 is 1.70 bits per heavy atom. The number of aryl methyl sites for hydroxylation is 1. The average molecular weight is 557 g/mol. The molecule has 3 aromatic carbocycles. The molecule has 0 fully saturated rings. The summed E-state index contributed by atoms with van der Waals surface area (Å²) in [6.45, 7) is 2.36. The van der Waals surface area contributed by atoms with E-state index in [0.29, 0.717) is 32.5 Å². The first kappa shape index (κ1) is 26.8. The van der Waals surface area contributed by atoms with E-state index in [1.807, 2.05) is 12.1 Å². The number of esters is 1. The summed E-state index contributed by atoms with van der Waals surface area (Å²) in [6.07, 6.45) is 0. The fourth-order valence-corrected chi connectivity index (χ4v) is 6.97. The zero-order chi connectivity index (χ0) is 26.6. The van der Waals surface area contributed by atoms with Gasteiger partial charge in [-0.15, -0.1) is 11.3 Å². The maximum atomic E-state index is 13.0. The third-order valence-corrected chi connectivity index (χ3v) is 9.55. The van der Waals surface area contributed by atoms with Gasteiger partial charge in [-0.1, -0.05) is 35.9 Å². The Morgan fingerprint density at radius 1 is 0.946 bits per heavy atom. The standard InChI is InChI=1S/C27H25ClN2O5S2/c1-17-23-13-22(28)10-11-24(23)36-27(17)37(33,34)16-29-14-19-4-3-5-21(12-19)25(31)30-15-18-6-8-20(9-7-18)26(32)35-2/h3-13,29H,14-16H2,1-2H3,(H,30,31). The number of methoxy groups -OCH3 is 1. The zero-order valence-electron chi connectivity index (χ0n) is 20.2. The number of halogens is 1. The van der Waals surface area contributed by atoms with Crippen LogP contribution in [0.3, 0.4) is 0 Å². The summed E-state index contributed by atoms with van der Waals surface area (Å²) in [7, 11) is -2.23. The van der Waals surface area contributed by atoms with Gasteiger partial charge in [-0.25, -0.2) is 13.2 Å². The first-order valence-corrected chi connectivity index (χ1v) is 14.2. The molecule has 2 N–H and O–H groups in total. The highest BCUT2D eigenvalue weighted by Gasteiger charge is 2.21. The molecule has 0 radical (unpaired) electrons. The second-order valence-corrected chi connectivity index (χ2v) is 12.1. The van der Waals surface area contributed by atoms with E-state index >= 15 is 0 Å². The molecule has 0 saturated carbocycles. The topological polar surface area (TPSA) is 102 Å². The van der Waals surface area contributed by atoms with Gasteiger partial charge < -0.3 is 10.1 Å². The first-order chi connectivity index (χ1) is 17.7. The van der Waals surface area contributed by atoms with Crippen molar-refractivity contribution < 1.29 is 22.7 Å². The number of thiophene rings is 1. The minimum atomic E-state index is -3.56. The zero-order valence-corrected chi connectivity index (χ0v) is 22.6. The van der Waals surface area contributed by atoms with Crippen molar-refractivity contribution in [1.82, 2.24) is 10.6 Å². The molecule has 0 spiro atoms. The number of ether oxygens (including phenoxy) is 1. The summed E-state index contributed by atoms with van der Waals surface area (Å²) in [5.41, 5.74) is 3.22. The molecule has 1 aromatic heterocycles. The molecule has 7 nitrogen and oxygen atoms in total. The largest absolute Gasteiger partial charge is 0.465 e. The van der Waals surface area contributed by atoms with Gasteiger partial charge in [0.15, 0.2) is 0 Å². The normalized spacial score (nSPS) is 11.4. The van der Waals surface area contributed by atoms with Crippen molar-refractivity contribution in [2.75, 3.05) is 13.0 Å². The van der Waals surface area contributed by atoms with Gasteiger partial charge in [0, 0.05) is 28.4 Å². The molecule has 4 rings (SSSR count). The van der Waals surface area contributed by atoms with Crippen molar-refractivity contribution in [2.45, 2.75) is 24.2 Å². The van der Waals surface area contributed by atoms with Crippen LogP contribution in [0.15, 0.2) is 70.9 Å². The predicted molar refractivity (Wildman–Crippen MR) is 146 cm³/mol. The van der Waals surface area contributed by atoms with E-state index in [9.17, 15) is 18.0 Å². The molecule has 0 saturated heterocycles. The Kier molecular flexibility index (Phi) is 8.29. The SMILES string of the molecule is COC(=O)c1ccc(CNC(=O)c2cccc(CNCS(=O)(=O)c3sc4ccc(Cl)cc4c3C)c2)cc1. The lowest BCUT2D eigenvalue weighted by Crippen LogP contribution is -2.24. The summed E-state index contributed by atoms with van der Waals surface area (Å²) in [6, 6.07) is 19.1. The van der Waals surface area contributed by atoms with Gasteiger partial charge >= 0.3 is 5.97 Å². The van der Waals surface area contributed by atoms with E-state index < -0.39 is 15.8 Å². The summed E-state index contributed by atoms with van der Waals surface area (Å²) in [4.78, 5) is 24.2. The first-order valence-electron chi connectivity index (χ1n) is 11.3. The molecule has 0 unspecified atom stereocenters. The number of amides is 1. The lowest BCUT2D eigenvalue weighted by molar-refractivity contribution is 0.0600. The molecule has 1 heterocycles. The second kappa shape index (κ2) is 11.4. The Morgan fingerprint density at radius 3 is 2.43 bits per heavy atom. The minimum absolute atomic E-state index is 0.230. The maximum absolute atomic E-state index is 13.0. The number of carbonyl (C=O) groups is 2. The average Bonchev–Trinajstić information content (AvgIpc) is 3.23. The van der Waals surface area contributed by atoms with Crippen LogP contribution in [0.25, 0.3) is 10.1 Å². The molecule has 1 amide bonds. The maximum Gasteiger partial charge on any atom is 0.337 e. The third kappa shape index (κ3) is 6.37. The van der Waals surface area contributed by atoms with E-state index in [0.717, 1.165) is 21.2 Å². The molecule has 0 aliphatic rings. The fraction of sp³-hybridized carbons (Fsp3) is 0.185. The van der Waals surface area contributed by atoms with Crippen LogP contribution < -0.4 is 10.6 Å². The number of hydrogen-bond acceptors (Lipinski definition) is 7. The molecular weight excluding hydrogens is 532 g/mol. The van der Waals surface area contributed by atoms with Crippen LogP contribution in [0, 0.1) is 6.92 Å². The van der Waals surface area contributed by atoms with E-state index in [1.165, 1.54) is 18.4 Å². The molecule has 192 valence electrons. The Labute approximate surface area is 224 Å². The number of hydrogen-bond donors (Lipinski definition) is 2. The van der Waals surface area contributed by atoms with Gasteiger partial charge in [-0.2, -0.15) is 0 Å². The lowest BCUT2D eigenvalue weighted by atomic mass is 10.1. The van der Waals surface area contributed by atoms with Crippen LogP contribution in [0.4, 0.5) is 0 Å². The van der Waals surface area contributed by atoms with Crippen LogP contribution in [0.2, 0.25) is 5.02 Å². The van der Waals surface area contributed by atoms with Gasteiger partial charge in [0.05, 0.1) is 12.7 Å². The summed E-state index contributed by atoms with van der Waals surface area (Å²) < 4.78 is 31.9. The number of carbonyl (C=O) groups excluding carboxylic acids is 2. The summed E-state index contributed by atoms with van der Waals surface area (Å²) in [5.74, 6) is -0.907. The van der Waals surface area contributed by atoms with Crippen molar-refractivity contribution in [1.29, 1.82) is 0 Å². The lowest BCUT2D eigenvalue weighted by Gasteiger charge is -2.09. The van der Waals surface area contributed by atoms with Crippen LogP contribution in [0.1, 0.15) is 37.4 Å². The van der Waals surface area contributed by atoms with Crippen LogP contribution in [0.5, 0.6) is 0 Å². The smallest absolute Gasteiger partial charge is 0.337 e. The monoisotopic (exact) mass is 556 g/mol.